The molecule has 5 aliphatic rings. The number of aliphatic hydroxyl groups is 1. The van der Waals surface area contributed by atoms with Crippen LogP contribution in [-0.4, -0.2) is 33.9 Å². The van der Waals surface area contributed by atoms with E-state index in [1.165, 1.54) is 0 Å². The Hall–Kier alpha value is -1.49. The number of carbonyl (C=O) groups is 3. The third-order valence-corrected chi connectivity index (χ3v) is 12.7. The predicted octanol–water partition coefficient (Wildman–Crippen LogP) is 5.59. The Morgan fingerprint density at radius 3 is 2.23 bits per heavy atom. The highest BCUT2D eigenvalue weighted by Gasteiger charge is 2.71. The van der Waals surface area contributed by atoms with E-state index in [2.05, 4.69) is 34.6 Å². The molecule has 5 aliphatic carbocycles. The van der Waals surface area contributed by atoms with E-state index in [0.717, 1.165) is 31.3 Å². The average Bonchev–Trinajstić information content (AvgIpc) is 2.73. The van der Waals surface area contributed by atoms with Gasteiger partial charge in [-0.25, -0.2) is 0 Å². The number of allylic oxidation sites excluding steroid dienone is 1. The lowest BCUT2D eigenvalue weighted by molar-refractivity contribution is -0.208. The van der Waals surface area contributed by atoms with Crippen molar-refractivity contribution in [1.82, 2.24) is 0 Å². The maximum absolute atomic E-state index is 13.0. The molecular weight excluding hydrogens is 440 g/mol. The molecule has 0 radical (unpaired) electrons. The van der Waals surface area contributed by atoms with Crippen LogP contribution in [0.15, 0.2) is 11.6 Å². The van der Waals surface area contributed by atoms with Crippen molar-refractivity contribution in [3.63, 3.8) is 0 Å². The van der Waals surface area contributed by atoms with Gasteiger partial charge in [0.25, 0.3) is 0 Å². The zero-order valence-electron chi connectivity index (χ0n) is 22.7. The average molecular weight is 485 g/mol. The van der Waals surface area contributed by atoms with Gasteiger partial charge in [-0.1, -0.05) is 60.1 Å². The molecule has 0 saturated heterocycles. The number of carbonyl (C=O) groups excluding carboxylic acids is 2. The molecule has 0 aromatic rings. The first kappa shape index (κ1) is 25.2. The van der Waals surface area contributed by atoms with Crippen LogP contribution in [0.1, 0.15) is 99.8 Å². The molecule has 0 unspecified atom stereocenters. The first-order valence-electron chi connectivity index (χ1n) is 13.7. The molecular formula is C30H44O5. The number of fused-ring (bicyclic) bond motifs is 7. The number of hydrogen-bond donors (Lipinski definition) is 2. The molecule has 0 spiro atoms. The summed E-state index contributed by atoms with van der Waals surface area (Å²) in [5.41, 5.74) is -1.53. The zero-order valence-corrected chi connectivity index (χ0v) is 22.7. The Kier molecular flexibility index (Phi) is 5.09. The molecule has 5 rings (SSSR count). The summed E-state index contributed by atoms with van der Waals surface area (Å²) in [5.74, 6) is -0.466. The van der Waals surface area contributed by atoms with E-state index >= 15 is 0 Å². The van der Waals surface area contributed by atoms with Crippen molar-refractivity contribution < 1.29 is 24.6 Å². The first-order chi connectivity index (χ1) is 16.0. The number of ketones is 2. The number of Topliss-reactive ketones (excluding diaryl/α,β-unsaturated/α-hetero) is 2. The van der Waals surface area contributed by atoms with Crippen LogP contribution < -0.4 is 0 Å². The number of rotatable bonds is 1. The number of hydrogen-bond acceptors (Lipinski definition) is 4. The molecule has 0 heterocycles. The second-order valence-corrected chi connectivity index (χ2v) is 14.8. The summed E-state index contributed by atoms with van der Waals surface area (Å²) in [6, 6.07) is 0. The molecule has 2 N–H and O–H groups in total. The van der Waals surface area contributed by atoms with Crippen LogP contribution in [0.3, 0.4) is 0 Å². The second kappa shape index (κ2) is 7.08. The van der Waals surface area contributed by atoms with Crippen LogP contribution in [0, 0.1) is 50.2 Å². The van der Waals surface area contributed by atoms with Crippen molar-refractivity contribution in [1.29, 1.82) is 0 Å². The van der Waals surface area contributed by atoms with E-state index in [1.54, 1.807) is 0 Å². The maximum atomic E-state index is 13.0. The van der Waals surface area contributed by atoms with E-state index in [1.807, 2.05) is 19.9 Å². The highest BCUT2D eigenvalue weighted by atomic mass is 16.4. The van der Waals surface area contributed by atoms with E-state index in [9.17, 15) is 24.6 Å². The van der Waals surface area contributed by atoms with Crippen molar-refractivity contribution in [2.45, 2.75) is 106 Å². The first-order valence-corrected chi connectivity index (χ1v) is 13.7. The number of aliphatic carboxylic acids is 1. The van der Waals surface area contributed by atoms with Crippen molar-refractivity contribution in [2.24, 2.45) is 50.2 Å². The highest BCUT2D eigenvalue weighted by molar-refractivity contribution is 5.92. The molecule has 0 amide bonds. The van der Waals surface area contributed by atoms with Gasteiger partial charge in [0.05, 0.1) is 11.5 Å². The van der Waals surface area contributed by atoms with Gasteiger partial charge in [0.15, 0.2) is 0 Å². The van der Waals surface area contributed by atoms with Crippen LogP contribution in [-0.2, 0) is 14.4 Å². The summed E-state index contributed by atoms with van der Waals surface area (Å²) >= 11 is 0. The second-order valence-electron chi connectivity index (χ2n) is 14.8. The Morgan fingerprint density at radius 2 is 1.60 bits per heavy atom. The summed E-state index contributed by atoms with van der Waals surface area (Å²) in [6.07, 6.45) is 6.43. The van der Waals surface area contributed by atoms with Gasteiger partial charge >= 0.3 is 5.97 Å². The molecule has 8 atom stereocenters. The molecule has 4 saturated carbocycles. The number of carboxylic acids is 1. The fourth-order valence-corrected chi connectivity index (χ4v) is 10.3. The van der Waals surface area contributed by atoms with Crippen molar-refractivity contribution in [2.75, 3.05) is 0 Å². The van der Waals surface area contributed by atoms with Crippen molar-refractivity contribution >= 4 is 17.5 Å². The van der Waals surface area contributed by atoms with Crippen molar-refractivity contribution in [3.05, 3.63) is 11.6 Å². The van der Waals surface area contributed by atoms with Gasteiger partial charge in [-0.05, 0) is 66.6 Å². The van der Waals surface area contributed by atoms with E-state index in [0.29, 0.717) is 25.0 Å². The minimum Gasteiger partial charge on any atom is -0.481 e. The van der Waals surface area contributed by atoms with Gasteiger partial charge in [-0.2, -0.15) is 0 Å². The maximum Gasteiger partial charge on any atom is 0.310 e. The van der Waals surface area contributed by atoms with E-state index in [4.69, 9.17) is 0 Å². The smallest absolute Gasteiger partial charge is 0.310 e. The Labute approximate surface area is 210 Å². The Balaban J connectivity index is 1.66. The third-order valence-electron chi connectivity index (χ3n) is 12.7. The van der Waals surface area contributed by atoms with Crippen LogP contribution in [0.5, 0.6) is 0 Å². The predicted molar refractivity (Wildman–Crippen MR) is 133 cm³/mol. The van der Waals surface area contributed by atoms with Crippen LogP contribution >= 0.6 is 0 Å². The highest BCUT2D eigenvalue weighted by Crippen LogP contribution is 2.75. The van der Waals surface area contributed by atoms with Gasteiger partial charge in [0.2, 0.25) is 0 Å². The lowest BCUT2D eigenvalue weighted by atomic mass is 9.33. The summed E-state index contributed by atoms with van der Waals surface area (Å²) in [7, 11) is 0. The third kappa shape index (κ3) is 2.88. The topological polar surface area (TPSA) is 91.7 Å². The van der Waals surface area contributed by atoms with Gasteiger partial charge in [-0.3, -0.25) is 14.4 Å². The van der Waals surface area contributed by atoms with E-state index in [-0.39, 0.29) is 46.2 Å². The molecule has 0 aromatic carbocycles. The quantitative estimate of drug-likeness (QED) is 0.473. The fraction of sp³-hybridized carbons (Fsp3) is 0.833. The minimum atomic E-state index is -1.07. The standard InChI is InChI=1S/C30H44O5/c1-25(2)15-18-17-14-19(31)23-27(5)10-9-21(32)26(3,4)20(27)8-11-29(23,7)28(17,6)12-13-30(18,24(34)35)16-22(25)33/h14,18-20,23,31H,8-13,15-16H2,1-7H3,(H,34,35)/t18-,19+,20-,23-,27-,28-,29+,30-/m0/s1. The van der Waals surface area contributed by atoms with E-state index < -0.39 is 28.3 Å². The van der Waals surface area contributed by atoms with Gasteiger partial charge in [0.1, 0.15) is 11.6 Å². The molecule has 4 fully saturated rings. The van der Waals surface area contributed by atoms with Crippen LogP contribution in [0.25, 0.3) is 0 Å². The molecule has 0 aliphatic heterocycles. The molecule has 0 aromatic heterocycles. The molecule has 35 heavy (non-hydrogen) atoms. The molecule has 0 bridgehead atoms. The Bertz CT molecular complexity index is 1040. The summed E-state index contributed by atoms with van der Waals surface area (Å²) < 4.78 is 0. The van der Waals surface area contributed by atoms with Gasteiger partial charge in [0, 0.05) is 29.6 Å². The fourth-order valence-electron chi connectivity index (χ4n) is 10.3. The lowest BCUT2D eigenvalue weighted by Gasteiger charge is -2.71. The number of carboxylic acid groups (broad SMARTS) is 1. The summed E-state index contributed by atoms with van der Waals surface area (Å²) in [4.78, 5) is 38.7. The van der Waals surface area contributed by atoms with Gasteiger partial charge in [-0.15, -0.1) is 0 Å². The van der Waals surface area contributed by atoms with Gasteiger partial charge < -0.3 is 10.2 Å². The lowest BCUT2D eigenvalue weighted by Crippen LogP contribution is -2.67. The minimum absolute atomic E-state index is 0.0189. The monoisotopic (exact) mass is 484 g/mol. The SMILES string of the molecule is CC1(C)C[C@H]2C3=C[C@@H](O)[C@H]4[C@@]5(C)CCC(=O)C(C)(C)[C@@H]5CC[C@@]4(C)[C@@]3(C)CC[C@]2(C(=O)O)CC1=O. The number of aliphatic hydroxyl groups excluding tert-OH is 1. The van der Waals surface area contributed by atoms with Crippen LogP contribution in [0.4, 0.5) is 0 Å². The normalized spacial score (nSPS) is 50.2. The zero-order chi connectivity index (χ0) is 26.0. The summed E-state index contributed by atoms with van der Waals surface area (Å²) in [5, 5.41) is 22.3. The molecule has 5 heteroatoms. The largest absolute Gasteiger partial charge is 0.481 e. The molecule has 194 valence electrons. The van der Waals surface area contributed by atoms with Crippen LogP contribution in [0.2, 0.25) is 0 Å². The van der Waals surface area contributed by atoms with Crippen molar-refractivity contribution in [3.8, 4) is 0 Å². The Morgan fingerprint density at radius 1 is 0.943 bits per heavy atom. The summed E-state index contributed by atoms with van der Waals surface area (Å²) in [6.45, 7) is 15.1. The molecule has 5 nitrogen and oxygen atoms in total.